The van der Waals surface area contributed by atoms with Gasteiger partial charge in [-0.05, 0) is 31.2 Å². The zero-order valence-corrected chi connectivity index (χ0v) is 10.4. The molecule has 5 heteroatoms. The standard InChI is InChI=1S/C14H13N3O2/c1-2-17-13(9-6-10(18)8-11(19)7-9)16-12-4-3-5-15-14(12)17/h3-8,18-19H,2H2,1H3. The fourth-order valence-electron chi connectivity index (χ4n) is 2.20. The molecule has 0 saturated heterocycles. The maximum atomic E-state index is 9.58. The van der Waals surface area contributed by atoms with Crippen molar-refractivity contribution in [3.05, 3.63) is 36.5 Å². The van der Waals surface area contributed by atoms with Crippen LogP contribution in [0.1, 0.15) is 6.92 Å². The second-order valence-corrected chi connectivity index (χ2v) is 4.26. The second kappa shape index (κ2) is 4.28. The molecule has 0 spiro atoms. The van der Waals surface area contributed by atoms with E-state index in [0.717, 1.165) is 11.2 Å². The molecule has 2 N–H and O–H groups in total. The van der Waals surface area contributed by atoms with Gasteiger partial charge in [-0.2, -0.15) is 0 Å². The van der Waals surface area contributed by atoms with Gasteiger partial charge in [0.25, 0.3) is 0 Å². The molecule has 0 aliphatic rings. The van der Waals surface area contributed by atoms with Crippen LogP contribution >= 0.6 is 0 Å². The first-order chi connectivity index (χ1) is 9.19. The SMILES string of the molecule is CCn1c(-c2cc(O)cc(O)c2)nc2cccnc21. The Kier molecular flexibility index (Phi) is 2.59. The predicted octanol–water partition coefficient (Wildman–Crippen LogP) is 2.53. The van der Waals surface area contributed by atoms with Gasteiger partial charge >= 0.3 is 0 Å². The molecule has 3 rings (SSSR count). The third kappa shape index (κ3) is 1.89. The quantitative estimate of drug-likeness (QED) is 0.738. The van der Waals surface area contributed by atoms with Gasteiger partial charge in [-0.15, -0.1) is 0 Å². The van der Waals surface area contributed by atoms with E-state index in [9.17, 15) is 10.2 Å². The number of hydrogen-bond acceptors (Lipinski definition) is 4. The van der Waals surface area contributed by atoms with Crippen LogP contribution in [0.3, 0.4) is 0 Å². The van der Waals surface area contributed by atoms with Crippen molar-refractivity contribution in [3.8, 4) is 22.9 Å². The normalized spacial score (nSPS) is 11.0. The lowest BCUT2D eigenvalue weighted by Gasteiger charge is -2.06. The zero-order chi connectivity index (χ0) is 13.4. The summed E-state index contributed by atoms with van der Waals surface area (Å²) in [5.41, 5.74) is 2.25. The molecule has 0 bridgehead atoms. The van der Waals surface area contributed by atoms with Gasteiger partial charge in [-0.1, -0.05) is 0 Å². The highest BCUT2D eigenvalue weighted by Crippen LogP contribution is 2.29. The lowest BCUT2D eigenvalue weighted by Crippen LogP contribution is -1.98. The fourth-order valence-corrected chi connectivity index (χ4v) is 2.20. The van der Waals surface area contributed by atoms with Crippen LogP contribution in [0.25, 0.3) is 22.6 Å². The van der Waals surface area contributed by atoms with Crippen LogP contribution < -0.4 is 0 Å². The number of imidazole rings is 1. The summed E-state index contributed by atoms with van der Waals surface area (Å²) in [4.78, 5) is 8.83. The smallest absolute Gasteiger partial charge is 0.160 e. The number of aryl methyl sites for hydroxylation is 1. The number of rotatable bonds is 2. The van der Waals surface area contributed by atoms with Gasteiger partial charge < -0.3 is 14.8 Å². The molecule has 0 atom stereocenters. The molecule has 1 aromatic carbocycles. The van der Waals surface area contributed by atoms with Gasteiger partial charge in [0.05, 0.1) is 0 Å². The van der Waals surface area contributed by atoms with E-state index in [1.54, 1.807) is 18.3 Å². The molecular formula is C14H13N3O2. The molecule has 0 saturated carbocycles. The Labute approximate surface area is 109 Å². The van der Waals surface area contributed by atoms with E-state index in [1.807, 2.05) is 23.6 Å². The van der Waals surface area contributed by atoms with Crippen molar-refractivity contribution in [2.24, 2.45) is 0 Å². The molecule has 19 heavy (non-hydrogen) atoms. The van der Waals surface area contributed by atoms with Gasteiger partial charge in [0, 0.05) is 24.4 Å². The summed E-state index contributed by atoms with van der Waals surface area (Å²) in [5.74, 6) is 0.706. The first-order valence-electron chi connectivity index (χ1n) is 6.03. The number of hydrogen-bond donors (Lipinski definition) is 2. The molecular weight excluding hydrogens is 242 g/mol. The van der Waals surface area contributed by atoms with E-state index < -0.39 is 0 Å². The number of nitrogens with zero attached hydrogens (tertiary/aromatic N) is 3. The van der Waals surface area contributed by atoms with Gasteiger partial charge in [0.15, 0.2) is 5.65 Å². The monoisotopic (exact) mass is 255 g/mol. The highest BCUT2D eigenvalue weighted by molar-refractivity contribution is 5.77. The van der Waals surface area contributed by atoms with Crippen molar-refractivity contribution in [2.75, 3.05) is 0 Å². The molecule has 2 heterocycles. The van der Waals surface area contributed by atoms with E-state index in [2.05, 4.69) is 9.97 Å². The molecule has 96 valence electrons. The third-order valence-corrected chi connectivity index (χ3v) is 2.98. The van der Waals surface area contributed by atoms with Gasteiger partial charge in [-0.25, -0.2) is 9.97 Å². The molecule has 5 nitrogen and oxygen atoms in total. The summed E-state index contributed by atoms with van der Waals surface area (Å²) < 4.78 is 1.95. The Morgan fingerprint density at radius 3 is 2.58 bits per heavy atom. The molecule has 0 amide bonds. The van der Waals surface area contributed by atoms with Crippen molar-refractivity contribution in [1.82, 2.24) is 14.5 Å². The summed E-state index contributed by atoms with van der Waals surface area (Å²) in [5, 5.41) is 19.2. The fraction of sp³-hybridized carbons (Fsp3) is 0.143. The number of aromatic hydroxyl groups is 2. The Morgan fingerprint density at radius 2 is 1.89 bits per heavy atom. The highest BCUT2D eigenvalue weighted by atomic mass is 16.3. The van der Waals surface area contributed by atoms with Crippen molar-refractivity contribution in [1.29, 1.82) is 0 Å². The van der Waals surface area contributed by atoms with Crippen molar-refractivity contribution >= 4 is 11.2 Å². The topological polar surface area (TPSA) is 71.2 Å². The van der Waals surface area contributed by atoms with Crippen LogP contribution in [0.2, 0.25) is 0 Å². The van der Waals surface area contributed by atoms with E-state index in [-0.39, 0.29) is 11.5 Å². The van der Waals surface area contributed by atoms with E-state index in [0.29, 0.717) is 17.9 Å². The summed E-state index contributed by atoms with van der Waals surface area (Å²) in [6.45, 7) is 2.71. The average Bonchev–Trinajstić information content (AvgIpc) is 2.76. The molecule has 0 fully saturated rings. The third-order valence-electron chi connectivity index (χ3n) is 2.98. The van der Waals surface area contributed by atoms with E-state index >= 15 is 0 Å². The largest absolute Gasteiger partial charge is 0.508 e. The Bertz CT molecular complexity index is 729. The van der Waals surface area contributed by atoms with Crippen LogP contribution in [-0.4, -0.2) is 24.7 Å². The van der Waals surface area contributed by atoms with Crippen LogP contribution in [0.15, 0.2) is 36.5 Å². The minimum Gasteiger partial charge on any atom is -0.508 e. The number of aromatic nitrogens is 3. The Balaban J connectivity index is 2.29. The first-order valence-corrected chi connectivity index (χ1v) is 6.03. The predicted molar refractivity (Wildman–Crippen MR) is 72.0 cm³/mol. The number of phenolic OH excluding ortho intramolecular Hbond substituents is 2. The molecule has 2 aromatic heterocycles. The summed E-state index contributed by atoms with van der Waals surface area (Å²) in [6.07, 6.45) is 1.72. The highest BCUT2D eigenvalue weighted by Gasteiger charge is 2.13. The van der Waals surface area contributed by atoms with E-state index in [4.69, 9.17) is 0 Å². The minimum absolute atomic E-state index is 0.0117. The molecule has 0 unspecified atom stereocenters. The van der Waals surface area contributed by atoms with Crippen molar-refractivity contribution in [2.45, 2.75) is 13.5 Å². The lowest BCUT2D eigenvalue weighted by atomic mass is 10.2. The van der Waals surface area contributed by atoms with Crippen LogP contribution in [0, 0.1) is 0 Å². The van der Waals surface area contributed by atoms with Crippen LogP contribution in [0.4, 0.5) is 0 Å². The van der Waals surface area contributed by atoms with Crippen molar-refractivity contribution in [3.63, 3.8) is 0 Å². The maximum absolute atomic E-state index is 9.58. The zero-order valence-electron chi connectivity index (χ0n) is 10.4. The lowest BCUT2D eigenvalue weighted by molar-refractivity contribution is 0.451. The van der Waals surface area contributed by atoms with Gasteiger partial charge in [0.2, 0.25) is 0 Å². The maximum Gasteiger partial charge on any atom is 0.160 e. The first kappa shape index (κ1) is 11.5. The van der Waals surface area contributed by atoms with Crippen molar-refractivity contribution < 1.29 is 10.2 Å². The molecule has 0 aliphatic heterocycles. The molecule has 3 aromatic rings. The van der Waals surface area contributed by atoms with Crippen LogP contribution in [0.5, 0.6) is 11.5 Å². The van der Waals surface area contributed by atoms with Gasteiger partial charge in [0.1, 0.15) is 22.8 Å². The summed E-state index contributed by atoms with van der Waals surface area (Å²) in [6, 6.07) is 8.17. The number of pyridine rings is 1. The summed E-state index contributed by atoms with van der Waals surface area (Å²) >= 11 is 0. The van der Waals surface area contributed by atoms with Gasteiger partial charge in [-0.3, -0.25) is 0 Å². The minimum atomic E-state index is 0.0117. The number of benzene rings is 1. The number of phenols is 2. The van der Waals surface area contributed by atoms with E-state index in [1.165, 1.54) is 6.07 Å². The van der Waals surface area contributed by atoms with Crippen LogP contribution in [-0.2, 0) is 6.54 Å². The number of fused-ring (bicyclic) bond motifs is 1. The summed E-state index contributed by atoms with van der Waals surface area (Å²) in [7, 11) is 0. The second-order valence-electron chi connectivity index (χ2n) is 4.26. The molecule has 0 aliphatic carbocycles. The Hall–Kier alpha value is -2.56. The molecule has 0 radical (unpaired) electrons. The Morgan fingerprint density at radius 1 is 1.16 bits per heavy atom. The average molecular weight is 255 g/mol.